The summed E-state index contributed by atoms with van der Waals surface area (Å²) in [4.78, 5) is 22.1. The second kappa shape index (κ2) is 11.1. The van der Waals surface area contributed by atoms with Crippen LogP contribution in [0.15, 0.2) is 41.8 Å². The Kier molecular flexibility index (Phi) is 8.45. The van der Waals surface area contributed by atoms with E-state index in [0.717, 1.165) is 12.0 Å². The lowest BCUT2D eigenvalue weighted by molar-refractivity contribution is 0.0813. The van der Waals surface area contributed by atoms with E-state index in [0.29, 0.717) is 12.1 Å². The number of hydrogen-bond acceptors (Lipinski definition) is 7. The number of aliphatic hydroxyl groups is 1. The summed E-state index contributed by atoms with van der Waals surface area (Å²) in [6, 6.07) is 4.02. The van der Waals surface area contributed by atoms with E-state index in [4.69, 9.17) is 4.74 Å². The van der Waals surface area contributed by atoms with Gasteiger partial charge in [-0.3, -0.25) is 0 Å². The monoisotopic (exact) mass is 491 g/mol. The molecule has 34 heavy (non-hydrogen) atoms. The number of carbonyl (C=O) groups is 1. The van der Waals surface area contributed by atoms with Gasteiger partial charge in [-0.2, -0.15) is 4.31 Å². The first-order valence-corrected chi connectivity index (χ1v) is 12.8. The third kappa shape index (κ3) is 5.65. The predicted octanol–water partition coefficient (Wildman–Crippen LogP) is 1.96. The highest BCUT2D eigenvalue weighted by Gasteiger charge is 2.38. The Hall–Kier alpha value is -2.76. The Morgan fingerprint density at radius 2 is 2.03 bits per heavy atom. The van der Waals surface area contributed by atoms with Crippen molar-refractivity contribution in [2.45, 2.75) is 44.2 Å². The summed E-state index contributed by atoms with van der Waals surface area (Å²) < 4.78 is 34.7. The van der Waals surface area contributed by atoms with Crippen LogP contribution in [0.2, 0.25) is 0 Å². The molecule has 0 saturated heterocycles. The van der Waals surface area contributed by atoms with Crippen molar-refractivity contribution in [3.8, 4) is 16.9 Å². The van der Waals surface area contributed by atoms with Crippen LogP contribution in [0.3, 0.4) is 0 Å². The van der Waals surface area contributed by atoms with Gasteiger partial charge in [0.15, 0.2) is 0 Å². The van der Waals surface area contributed by atoms with Crippen LogP contribution in [0.4, 0.5) is 4.79 Å². The van der Waals surface area contributed by atoms with Crippen LogP contribution in [0.5, 0.6) is 5.75 Å². The molecule has 1 aliphatic rings. The highest BCUT2D eigenvalue weighted by molar-refractivity contribution is 7.89. The number of rotatable bonds is 7. The zero-order chi connectivity index (χ0) is 24.9. The number of carbonyl (C=O) groups excluding carboxylic acids is 1. The summed E-state index contributed by atoms with van der Waals surface area (Å²) in [6.45, 7) is 6.19. The molecule has 10 nitrogen and oxygen atoms in total. The van der Waals surface area contributed by atoms with Crippen molar-refractivity contribution in [2.75, 3.05) is 33.3 Å². The van der Waals surface area contributed by atoms with Gasteiger partial charge in [0.1, 0.15) is 23.1 Å². The fourth-order valence-electron chi connectivity index (χ4n) is 3.79. The average molecular weight is 492 g/mol. The van der Waals surface area contributed by atoms with Crippen molar-refractivity contribution < 1.29 is 23.1 Å². The van der Waals surface area contributed by atoms with Gasteiger partial charge in [-0.05, 0) is 31.0 Å². The fourth-order valence-corrected chi connectivity index (χ4v) is 5.62. The number of fused-ring (bicyclic) bond motifs is 1. The molecule has 2 N–H and O–H groups in total. The number of ether oxygens (including phenoxy) is 1. The maximum absolute atomic E-state index is 13.6. The molecule has 1 aromatic carbocycles. The third-order valence-corrected chi connectivity index (χ3v) is 7.91. The number of benzene rings is 1. The Labute approximate surface area is 201 Å². The van der Waals surface area contributed by atoms with E-state index in [9.17, 15) is 18.3 Å². The van der Waals surface area contributed by atoms with Gasteiger partial charge in [0.25, 0.3) is 0 Å². The molecule has 0 saturated carbocycles. The number of amides is 2. The second-order valence-electron chi connectivity index (χ2n) is 8.64. The maximum atomic E-state index is 13.6. The minimum absolute atomic E-state index is 0.0170. The molecule has 0 radical (unpaired) electrons. The van der Waals surface area contributed by atoms with Crippen molar-refractivity contribution in [1.82, 2.24) is 24.5 Å². The van der Waals surface area contributed by atoms with Crippen LogP contribution < -0.4 is 10.1 Å². The SMILES string of the molecule is CCCNC(=O)N(C)C[C@@H]1Oc2cc(-c3cncnc3)ccc2S(=O)(=O)N([C@@H](C)CO)C[C@@H]1C. The van der Waals surface area contributed by atoms with Crippen molar-refractivity contribution in [1.29, 1.82) is 0 Å². The normalized spacial score (nSPS) is 20.9. The van der Waals surface area contributed by atoms with Gasteiger partial charge in [-0.25, -0.2) is 23.2 Å². The zero-order valence-corrected chi connectivity index (χ0v) is 20.8. The number of aliphatic hydroxyl groups excluding tert-OH is 1. The molecule has 3 rings (SSSR count). The van der Waals surface area contributed by atoms with Gasteiger partial charge in [0.05, 0.1) is 13.2 Å². The van der Waals surface area contributed by atoms with Crippen LogP contribution in [0.25, 0.3) is 11.1 Å². The topological polar surface area (TPSA) is 125 Å². The first-order chi connectivity index (χ1) is 16.2. The van der Waals surface area contributed by atoms with Gasteiger partial charge < -0.3 is 20.1 Å². The van der Waals surface area contributed by atoms with E-state index >= 15 is 0 Å². The first-order valence-electron chi connectivity index (χ1n) is 11.4. The van der Waals surface area contributed by atoms with Crippen molar-refractivity contribution >= 4 is 16.1 Å². The summed E-state index contributed by atoms with van der Waals surface area (Å²) in [7, 11) is -2.26. The Morgan fingerprint density at radius 3 is 2.68 bits per heavy atom. The number of nitrogens with zero attached hydrogens (tertiary/aromatic N) is 4. The van der Waals surface area contributed by atoms with E-state index in [2.05, 4.69) is 15.3 Å². The van der Waals surface area contributed by atoms with Gasteiger partial charge in [-0.15, -0.1) is 0 Å². The molecular formula is C23H33N5O5S. The van der Waals surface area contributed by atoms with E-state index in [1.807, 2.05) is 13.8 Å². The molecule has 11 heteroatoms. The van der Waals surface area contributed by atoms with Crippen LogP contribution in [0, 0.1) is 5.92 Å². The molecule has 3 atom stereocenters. The minimum Gasteiger partial charge on any atom is -0.487 e. The highest BCUT2D eigenvalue weighted by Crippen LogP contribution is 2.36. The second-order valence-corrected chi connectivity index (χ2v) is 10.5. The summed E-state index contributed by atoms with van der Waals surface area (Å²) in [6.07, 6.45) is 5.03. The summed E-state index contributed by atoms with van der Waals surface area (Å²) in [5.74, 6) is -0.0718. The smallest absolute Gasteiger partial charge is 0.317 e. The maximum Gasteiger partial charge on any atom is 0.317 e. The lowest BCUT2D eigenvalue weighted by atomic mass is 10.0. The Morgan fingerprint density at radius 1 is 1.32 bits per heavy atom. The van der Waals surface area contributed by atoms with Crippen molar-refractivity contribution in [3.05, 3.63) is 36.9 Å². The van der Waals surface area contributed by atoms with Gasteiger partial charge in [0.2, 0.25) is 10.0 Å². The standard InChI is InChI=1S/C23H33N5O5S/c1-5-8-26-23(30)27(4)13-21-16(2)12-28(17(3)14-29)34(31,32)22-7-6-18(9-20(22)33-21)19-10-24-15-25-11-19/h6-7,9-11,15-17,21,29H,5,8,12-14H2,1-4H3,(H,26,30)/t16-,17-,21-/m0/s1. The lowest BCUT2D eigenvalue weighted by Gasteiger charge is -2.37. The van der Waals surface area contributed by atoms with Crippen LogP contribution >= 0.6 is 0 Å². The molecule has 1 aromatic heterocycles. The molecule has 2 amide bonds. The average Bonchev–Trinajstić information content (AvgIpc) is 2.84. The number of urea groups is 1. The van der Waals surface area contributed by atoms with Gasteiger partial charge >= 0.3 is 6.03 Å². The van der Waals surface area contributed by atoms with E-state index in [-0.39, 0.29) is 42.3 Å². The van der Waals surface area contributed by atoms with E-state index < -0.39 is 22.2 Å². The summed E-state index contributed by atoms with van der Waals surface area (Å²) in [5, 5.41) is 12.6. The number of aromatic nitrogens is 2. The van der Waals surface area contributed by atoms with E-state index in [1.54, 1.807) is 43.4 Å². The van der Waals surface area contributed by atoms with Crippen LogP contribution in [0.1, 0.15) is 27.2 Å². The molecule has 2 heterocycles. The highest BCUT2D eigenvalue weighted by atomic mass is 32.2. The van der Waals surface area contributed by atoms with Crippen molar-refractivity contribution in [2.24, 2.45) is 5.92 Å². The molecule has 186 valence electrons. The van der Waals surface area contributed by atoms with Crippen molar-refractivity contribution in [3.63, 3.8) is 0 Å². The summed E-state index contributed by atoms with van der Waals surface area (Å²) in [5.41, 5.74) is 1.42. The lowest BCUT2D eigenvalue weighted by Crippen LogP contribution is -2.51. The molecule has 0 bridgehead atoms. The van der Waals surface area contributed by atoms with Gasteiger partial charge in [-0.1, -0.05) is 19.9 Å². The Balaban J connectivity index is 2.04. The Bertz CT molecular complexity index is 1080. The number of nitrogens with one attached hydrogen (secondary N) is 1. The largest absolute Gasteiger partial charge is 0.487 e. The molecular weight excluding hydrogens is 458 g/mol. The van der Waals surface area contributed by atoms with Crippen LogP contribution in [-0.2, 0) is 10.0 Å². The first kappa shape index (κ1) is 25.9. The molecule has 0 aliphatic carbocycles. The molecule has 0 spiro atoms. The quantitative estimate of drug-likeness (QED) is 0.607. The molecule has 2 aromatic rings. The number of likely N-dealkylation sites (N-methyl/N-ethyl adjacent to an activating group) is 1. The molecule has 1 aliphatic heterocycles. The molecule has 0 fully saturated rings. The predicted molar refractivity (Wildman–Crippen MR) is 128 cm³/mol. The van der Waals surface area contributed by atoms with Crippen LogP contribution in [-0.4, -0.2) is 84.2 Å². The summed E-state index contributed by atoms with van der Waals surface area (Å²) >= 11 is 0. The minimum atomic E-state index is -3.94. The van der Waals surface area contributed by atoms with Gasteiger partial charge in [0, 0.05) is 50.1 Å². The molecule has 0 unspecified atom stereocenters. The number of hydrogen-bond donors (Lipinski definition) is 2. The number of sulfonamides is 1. The third-order valence-electron chi connectivity index (χ3n) is 5.89. The zero-order valence-electron chi connectivity index (χ0n) is 20.0. The fraction of sp³-hybridized carbons (Fsp3) is 0.522. The van der Waals surface area contributed by atoms with E-state index in [1.165, 1.54) is 16.7 Å².